The summed E-state index contributed by atoms with van der Waals surface area (Å²) in [5.41, 5.74) is 0.431. The molecule has 0 saturated heterocycles. The number of anilines is 1. The molecule has 0 aliphatic carbocycles. The van der Waals surface area contributed by atoms with E-state index < -0.39 is 0 Å². The fourth-order valence-electron chi connectivity index (χ4n) is 2.40. The SMILES string of the molecule is O=C(CCSc1ccc(Cl)cc1)Nc1nnc(CCNC(=O)c2ccccc2Cl)s1. The summed E-state index contributed by atoms with van der Waals surface area (Å²) in [6.07, 6.45) is 0.867. The van der Waals surface area contributed by atoms with Gasteiger partial charge in [0.15, 0.2) is 0 Å². The number of hydrogen-bond donors (Lipinski definition) is 2. The van der Waals surface area contributed by atoms with Crippen molar-refractivity contribution in [3.8, 4) is 0 Å². The quantitative estimate of drug-likeness (QED) is 0.423. The van der Waals surface area contributed by atoms with Crippen LogP contribution in [0.25, 0.3) is 0 Å². The van der Waals surface area contributed by atoms with Crippen LogP contribution in [0.15, 0.2) is 53.4 Å². The topological polar surface area (TPSA) is 84.0 Å². The Morgan fingerprint density at radius 1 is 1.03 bits per heavy atom. The zero-order valence-corrected chi connectivity index (χ0v) is 18.9. The predicted molar refractivity (Wildman–Crippen MR) is 123 cm³/mol. The molecule has 1 aromatic heterocycles. The number of aromatic nitrogens is 2. The minimum absolute atomic E-state index is 0.119. The molecule has 0 bridgehead atoms. The van der Waals surface area contributed by atoms with Crippen LogP contribution in [0.3, 0.4) is 0 Å². The largest absolute Gasteiger partial charge is 0.352 e. The second-order valence-corrected chi connectivity index (χ2v) is 9.16. The normalized spacial score (nSPS) is 10.6. The fourth-order valence-corrected chi connectivity index (χ4v) is 4.36. The number of carbonyl (C=O) groups is 2. The molecule has 3 rings (SSSR count). The Bertz CT molecular complexity index is 1010. The number of hydrogen-bond acceptors (Lipinski definition) is 6. The van der Waals surface area contributed by atoms with Gasteiger partial charge in [-0.1, -0.05) is 46.7 Å². The molecule has 0 saturated carbocycles. The molecule has 0 aliphatic rings. The van der Waals surface area contributed by atoms with Gasteiger partial charge in [-0.15, -0.1) is 22.0 Å². The van der Waals surface area contributed by atoms with E-state index in [1.807, 2.05) is 24.3 Å². The van der Waals surface area contributed by atoms with Crippen molar-refractivity contribution in [2.45, 2.75) is 17.7 Å². The lowest BCUT2D eigenvalue weighted by atomic mass is 10.2. The number of benzene rings is 2. The summed E-state index contributed by atoms with van der Waals surface area (Å²) in [7, 11) is 0. The summed E-state index contributed by atoms with van der Waals surface area (Å²) in [6.45, 7) is 0.393. The van der Waals surface area contributed by atoms with Crippen molar-refractivity contribution in [1.82, 2.24) is 15.5 Å². The van der Waals surface area contributed by atoms with Gasteiger partial charge in [-0.3, -0.25) is 9.59 Å². The summed E-state index contributed by atoms with van der Waals surface area (Å²) in [4.78, 5) is 25.3. The monoisotopic (exact) mass is 480 g/mol. The molecule has 0 atom stereocenters. The van der Waals surface area contributed by atoms with Gasteiger partial charge in [0, 0.05) is 35.1 Å². The highest BCUT2D eigenvalue weighted by Crippen LogP contribution is 2.22. The van der Waals surface area contributed by atoms with Crippen molar-refractivity contribution >= 4 is 63.2 Å². The van der Waals surface area contributed by atoms with Gasteiger partial charge >= 0.3 is 0 Å². The first-order valence-corrected chi connectivity index (χ1v) is 11.6. The van der Waals surface area contributed by atoms with E-state index in [0.29, 0.717) is 45.9 Å². The minimum Gasteiger partial charge on any atom is -0.352 e. The second-order valence-electron chi connectivity index (χ2n) is 6.09. The zero-order chi connectivity index (χ0) is 21.3. The highest BCUT2D eigenvalue weighted by atomic mass is 35.5. The number of carbonyl (C=O) groups excluding carboxylic acids is 2. The molecule has 0 radical (unpaired) electrons. The van der Waals surface area contributed by atoms with Gasteiger partial charge in [-0.2, -0.15) is 0 Å². The summed E-state index contributed by atoms with van der Waals surface area (Å²) in [6, 6.07) is 14.4. The molecule has 0 fully saturated rings. The van der Waals surface area contributed by atoms with Crippen LogP contribution < -0.4 is 10.6 Å². The Morgan fingerprint density at radius 2 is 1.80 bits per heavy atom. The first-order chi connectivity index (χ1) is 14.5. The van der Waals surface area contributed by atoms with E-state index in [4.69, 9.17) is 23.2 Å². The molecule has 1 heterocycles. The van der Waals surface area contributed by atoms with Crippen molar-refractivity contribution in [3.63, 3.8) is 0 Å². The molecule has 2 aromatic carbocycles. The van der Waals surface area contributed by atoms with Gasteiger partial charge in [0.05, 0.1) is 10.6 Å². The minimum atomic E-state index is -0.239. The molecule has 10 heteroatoms. The molecule has 30 heavy (non-hydrogen) atoms. The first-order valence-electron chi connectivity index (χ1n) is 9.04. The number of rotatable bonds is 9. The van der Waals surface area contributed by atoms with E-state index in [9.17, 15) is 9.59 Å². The van der Waals surface area contributed by atoms with E-state index in [-0.39, 0.29) is 11.8 Å². The Labute approximate surface area is 192 Å². The maximum Gasteiger partial charge on any atom is 0.252 e. The maximum absolute atomic E-state index is 12.1. The van der Waals surface area contributed by atoms with E-state index in [1.54, 1.807) is 36.0 Å². The third-order valence-electron chi connectivity index (χ3n) is 3.87. The summed E-state index contributed by atoms with van der Waals surface area (Å²) >= 11 is 14.7. The maximum atomic E-state index is 12.1. The van der Waals surface area contributed by atoms with E-state index >= 15 is 0 Å². The lowest BCUT2D eigenvalue weighted by Crippen LogP contribution is -2.25. The number of amides is 2. The Kier molecular flexibility index (Phi) is 8.50. The van der Waals surface area contributed by atoms with Crippen LogP contribution in [-0.4, -0.2) is 34.3 Å². The summed E-state index contributed by atoms with van der Waals surface area (Å²) in [5.74, 6) is 0.288. The van der Waals surface area contributed by atoms with Gasteiger partial charge < -0.3 is 10.6 Å². The molecular formula is C20H18Cl2N4O2S2. The lowest BCUT2D eigenvalue weighted by Gasteiger charge is -2.05. The highest BCUT2D eigenvalue weighted by molar-refractivity contribution is 7.99. The molecule has 0 spiro atoms. The predicted octanol–water partition coefficient (Wildman–Crippen LogP) is 4.94. The lowest BCUT2D eigenvalue weighted by molar-refractivity contribution is -0.115. The van der Waals surface area contributed by atoms with Gasteiger partial charge in [0.25, 0.3) is 5.91 Å². The van der Waals surface area contributed by atoms with Crippen LogP contribution in [0.1, 0.15) is 21.8 Å². The van der Waals surface area contributed by atoms with Crippen LogP contribution in [0.2, 0.25) is 10.0 Å². The Hall–Kier alpha value is -2.13. The van der Waals surface area contributed by atoms with Crippen molar-refractivity contribution in [2.75, 3.05) is 17.6 Å². The molecular weight excluding hydrogens is 463 g/mol. The van der Waals surface area contributed by atoms with Crippen LogP contribution in [0.4, 0.5) is 5.13 Å². The standard InChI is InChI=1S/C20H18Cl2N4O2S2/c21-13-5-7-14(8-6-13)29-12-10-17(27)24-20-26-25-18(30-20)9-11-23-19(28)15-3-1-2-4-16(15)22/h1-8H,9-12H2,(H,23,28)(H,24,26,27). The molecule has 3 aromatic rings. The van der Waals surface area contributed by atoms with Gasteiger partial charge in [-0.25, -0.2) is 0 Å². The average Bonchev–Trinajstić information content (AvgIpc) is 3.16. The number of nitrogens with zero attached hydrogens (tertiary/aromatic N) is 2. The molecule has 156 valence electrons. The zero-order valence-electron chi connectivity index (χ0n) is 15.7. The first kappa shape index (κ1) is 22.6. The molecule has 2 amide bonds. The smallest absolute Gasteiger partial charge is 0.252 e. The number of nitrogens with one attached hydrogen (secondary N) is 2. The van der Waals surface area contributed by atoms with E-state index in [1.165, 1.54) is 11.3 Å². The van der Waals surface area contributed by atoms with Gasteiger partial charge in [0.1, 0.15) is 5.01 Å². The van der Waals surface area contributed by atoms with Crippen LogP contribution in [0, 0.1) is 0 Å². The summed E-state index contributed by atoms with van der Waals surface area (Å²) < 4.78 is 0. The van der Waals surface area contributed by atoms with Crippen LogP contribution in [0.5, 0.6) is 0 Å². The van der Waals surface area contributed by atoms with Crippen LogP contribution >= 0.6 is 46.3 Å². The molecule has 0 unspecified atom stereocenters. The van der Waals surface area contributed by atoms with Crippen molar-refractivity contribution in [1.29, 1.82) is 0 Å². The number of thioether (sulfide) groups is 1. The Morgan fingerprint density at radius 3 is 2.57 bits per heavy atom. The van der Waals surface area contributed by atoms with Crippen molar-refractivity contribution in [3.05, 3.63) is 69.1 Å². The van der Waals surface area contributed by atoms with E-state index in [0.717, 1.165) is 9.90 Å². The average molecular weight is 481 g/mol. The van der Waals surface area contributed by atoms with Crippen LogP contribution in [-0.2, 0) is 11.2 Å². The third-order valence-corrected chi connectivity index (χ3v) is 6.36. The Balaban J connectivity index is 1.38. The molecule has 2 N–H and O–H groups in total. The number of halogens is 2. The van der Waals surface area contributed by atoms with E-state index in [2.05, 4.69) is 20.8 Å². The molecule has 0 aliphatic heterocycles. The van der Waals surface area contributed by atoms with Crippen molar-refractivity contribution in [2.24, 2.45) is 0 Å². The molecule has 6 nitrogen and oxygen atoms in total. The van der Waals surface area contributed by atoms with Crippen molar-refractivity contribution < 1.29 is 9.59 Å². The summed E-state index contributed by atoms with van der Waals surface area (Å²) in [5, 5.41) is 15.9. The van der Waals surface area contributed by atoms with Gasteiger partial charge in [-0.05, 0) is 36.4 Å². The second kappa shape index (κ2) is 11.3. The highest BCUT2D eigenvalue weighted by Gasteiger charge is 2.11. The fraction of sp³-hybridized carbons (Fsp3) is 0.200. The van der Waals surface area contributed by atoms with Gasteiger partial charge in [0.2, 0.25) is 11.0 Å². The third kappa shape index (κ3) is 6.98.